The van der Waals surface area contributed by atoms with Gasteiger partial charge in [-0.3, -0.25) is 14.4 Å². The first-order valence-corrected chi connectivity index (χ1v) is 16.2. The van der Waals surface area contributed by atoms with E-state index in [1.165, 1.54) is 4.31 Å². The number of carbonyl (C=O) groups is 3. The van der Waals surface area contributed by atoms with Crippen molar-refractivity contribution in [2.24, 2.45) is 5.73 Å². The molecule has 1 fully saturated rings. The number of nitrogens with one attached hydrogen (secondary N) is 1. The summed E-state index contributed by atoms with van der Waals surface area (Å²) in [5.41, 5.74) is 7.48. The lowest BCUT2D eigenvalue weighted by molar-refractivity contribution is 0.0698. The van der Waals surface area contributed by atoms with Gasteiger partial charge in [0.25, 0.3) is 21.8 Å². The molecular weight excluding hydrogens is 640 g/mol. The predicted octanol–water partition coefficient (Wildman–Crippen LogP) is 3.80. The lowest BCUT2D eigenvalue weighted by atomic mass is 10.1. The minimum atomic E-state index is -3.72. The van der Waals surface area contributed by atoms with Gasteiger partial charge in [-0.2, -0.15) is 4.31 Å². The smallest absolute Gasteiger partial charge is 0.254 e. The number of rotatable bonds is 7. The van der Waals surface area contributed by atoms with Crippen molar-refractivity contribution in [1.82, 2.24) is 24.8 Å². The highest BCUT2D eigenvalue weighted by Crippen LogP contribution is 2.26. The number of nitrogens with zero attached hydrogens (tertiary/aromatic N) is 4. The minimum Gasteiger partial charge on any atom is -0.366 e. The summed E-state index contributed by atoms with van der Waals surface area (Å²) in [6, 6.07) is 23.4. The molecule has 1 saturated heterocycles. The largest absolute Gasteiger partial charge is 0.366 e. The molecule has 2 aromatic heterocycles. The highest BCUT2D eigenvalue weighted by Gasteiger charge is 2.31. The van der Waals surface area contributed by atoms with E-state index in [1.807, 2.05) is 6.07 Å². The van der Waals surface area contributed by atoms with Gasteiger partial charge >= 0.3 is 0 Å². The van der Waals surface area contributed by atoms with E-state index in [2.05, 4.69) is 20.3 Å². The quantitative estimate of drug-likeness (QED) is 0.264. The Kier molecular flexibility index (Phi) is 9.88. The van der Waals surface area contributed by atoms with Crippen LogP contribution >= 0.6 is 22.9 Å². The second kappa shape index (κ2) is 14.0. The molecule has 6 rings (SSSR count). The zero-order valence-corrected chi connectivity index (χ0v) is 26.0. The maximum Gasteiger partial charge on any atom is 0.254 e. The fourth-order valence-electron chi connectivity index (χ4n) is 4.42. The Morgan fingerprint density at radius 3 is 2.18 bits per heavy atom. The van der Waals surface area contributed by atoms with Crippen molar-refractivity contribution in [3.63, 3.8) is 0 Å². The zero-order chi connectivity index (χ0) is 32.0. The number of aromatic nitrogens is 2. The lowest BCUT2D eigenvalue weighted by Crippen LogP contribution is -2.50. The highest BCUT2D eigenvalue weighted by molar-refractivity contribution is 7.91. The van der Waals surface area contributed by atoms with Gasteiger partial charge in [0.15, 0.2) is 0 Å². The molecule has 45 heavy (non-hydrogen) atoms. The third-order valence-electron chi connectivity index (χ3n) is 6.85. The molecular formula is C30H27ClN6O6S2. The molecule has 3 aromatic carbocycles. The van der Waals surface area contributed by atoms with Gasteiger partial charge < -0.3 is 16.0 Å². The maximum absolute atomic E-state index is 13.2. The van der Waals surface area contributed by atoms with Crippen LogP contribution in [0.2, 0.25) is 5.02 Å². The van der Waals surface area contributed by atoms with Gasteiger partial charge in [-0.15, -0.1) is 11.3 Å². The van der Waals surface area contributed by atoms with E-state index >= 15 is 0 Å². The van der Waals surface area contributed by atoms with Crippen LogP contribution in [-0.2, 0) is 16.6 Å². The van der Waals surface area contributed by atoms with E-state index in [1.54, 1.807) is 83.8 Å². The van der Waals surface area contributed by atoms with Crippen LogP contribution in [0, 0.1) is 0 Å². The van der Waals surface area contributed by atoms with E-state index < -0.39 is 10.0 Å². The predicted molar refractivity (Wildman–Crippen MR) is 168 cm³/mol. The Morgan fingerprint density at radius 2 is 1.51 bits per heavy atom. The van der Waals surface area contributed by atoms with Gasteiger partial charge in [0.1, 0.15) is 15.2 Å². The van der Waals surface area contributed by atoms with Crippen molar-refractivity contribution < 1.29 is 27.4 Å². The molecule has 3 amide bonds. The van der Waals surface area contributed by atoms with Crippen molar-refractivity contribution in [1.29, 1.82) is 0 Å². The average Bonchev–Trinajstić information content (AvgIpc) is 3.74. The van der Waals surface area contributed by atoms with E-state index in [-0.39, 0.29) is 54.7 Å². The number of sulfonamides is 1. The summed E-state index contributed by atoms with van der Waals surface area (Å²) in [5.74, 6) is -0.855. The van der Waals surface area contributed by atoms with Crippen molar-refractivity contribution >= 4 is 61.7 Å². The second-order valence-electron chi connectivity index (χ2n) is 9.80. The topological polar surface area (TPSA) is 169 Å². The third kappa shape index (κ3) is 7.72. The Hall–Kier alpha value is -4.63. The zero-order valence-electron chi connectivity index (χ0n) is 23.6. The summed E-state index contributed by atoms with van der Waals surface area (Å²) in [6.45, 7) is 1.10. The standard InChI is InChI=1S/C23H20ClN5O5S2.C7H7NO/c24-17-4-1-15(2-5-17)22(30)25-14-18-6-8-21(35-18)36(32,33)29-11-9-28(10-12-29)23(31)16-3-7-19-20(13-16)27-34-26-19;8-7(9)6-4-2-1-3-5-6/h1-8,13H,9-12,14H2,(H,25,30);1-5H,(H2,8,9). The summed E-state index contributed by atoms with van der Waals surface area (Å²) in [4.78, 5) is 37.9. The molecule has 12 nitrogen and oxygen atoms in total. The number of fused-ring (bicyclic) bond motifs is 1. The van der Waals surface area contributed by atoms with Crippen molar-refractivity contribution in [3.05, 3.63) is 112 Å². The van der Waals surface area contributed by atoms with Crippen LogP contribution in [0.1, 0.15) is 36.0 Å². The molecule has 1 aliphatic heterocycles. The summed E-state index contributed by atoms with van der Waals surface area (Å²) >= 11 is 6.96. The summed E-state index contributed by atoms with van der Waals surface area (Å²) in [7, 11) is -3.72. The number of hydrogen-bond acceptors (Lipinski definition) is 9. The van der Waals surface area contributed by atoms with Gasteiger partial charge in [0.2, 0.25) is 5.91 Å². The Balaban J connectivity index is 0.000000383. The van der Waals surface area contributed by atoms with Crippen molar-refractivity contribution in [3.8, 4) is 0 Å². The number of piperazine rings is 1. The van der Waals surface area contributed by atoms with Gasteiger partial charge in [0, 0.05) is 52.8 Å². The maximum atomic E-state index is 13.2. The van der Waals surface area contributed by atoms with Crippen LogP contribution in [0.25, 0.3) is 11.0 Å². The fraction of sp³-hybridized carbons (Fsp3) is 0.167. The second-order valence-corrected chi connectivity index (χ2v) is 13.6. The first-order valence-electron chi connectivity index (χ1n) is 13.6. The van der Waals surface area contributed by atoms with Crippen molar-refractivity contribution in [2.45, 2.75) is 10.8 Å². The van der Waals surface area contributed by atoms with Gasteiger partial charge in [-0.1, -0.05) is 29.8 Å². The Morgan fingerprint density at radius 1 is 0.844 bits per heavy atom. The van der Waals surface area contributed by atoms with Crippen LogP contribution in [0.5, 0.6) is 0 Å². The molecule has 3 N–H and O–H groups in total. The molecule has 0 atom stereocenters. The molecule has 0 radical (unpaired) electrons. The number of hydrogen-bond donors (Lipinski definition) is 2. The number of primary amides is 1. The first-order chi connectivity index (χ1) is 21.6. The SMILES string of the molecule is NC(=O)c1ccccc1.O=C(NCc1ccc(S(=O)(=O)N2CCN(C(=O)c3ccc4nonc4c3)CC2)s1)c1ccc(Cl)cc1. The third-order valence-corrected chi connectivity index (χ3v) is 10.5. The van der Waals surface area contributed by atoms with Crippen molar-refractivity contribution in [2.75, 3.05) is 26.2 Å². The Labute approximate surface area is 267 Å². The summed E-state index contributed by atoms with van der Waals surface area (Å²) < 4.78 is 32.6. The summed E-state index contributed by atoms with van der Waals surface area (Å²) in [6.07, 6.45) is 0. The van der Waals surface area contributed by atoms with E-state index in [9.17, 15) is 22.8 Å². The number of halogens is 1. The van der Waals surface area contributed by atoms with Gasteiger partial charge in [-0.05, 0) is 77.0 Å². The van der Waals surface area contributed by atoms with Gasteiger partial charge in [0.05, 0.1) is 6.54 Å². The molecule has 0 bridgehead atoms. The number of amides is 3. The molecule has 5 aromatic rings. The normalized spacial score (nSPS) is 13.6. The molecule has 0 aliphatic carbocycles. The molecule has 232 valence electrons. The van der Waals surface area contributed by atoms with E-state index in [0.717, 1.165) is 11.3 Å². The molecule has 0 unspecified atom stereocenters. The molecule has 3 heterocycles. The molecule has 1 aliphatic rings. The van der Waals surface area contributed by atoms with Crippen LogP contribution < -0.4 is 11.1 Å². The first kappa shape index (κ1) is 31.8. The molecule has 15 heteroatoms. The molecule has 0 saturated carbocycles. The highest BCUT2D eigenvalue weighted by atomic mass is 35.5. The fourth-order valence-corrected chi connectivity index (χ4v) is 7.42. The van der Waals surface area contributed by atoms with Crippen LogP contribution in [0.15, 0.2) is 93.8 Å². The van der Waals surface area contributed by atoms with Crippen LogP contribution in [0.4, 0.5) is 0 Å². The average molecular weight is 667 g/mol. The van der Waals surface area contributed by atoms with Crippen LogP contribution in [-0.4, -0.2) is 71.8 Å². The van der Waals surface area contributed by atoms with E-state index in [4.69, 9.17) is 17.3 Å². The number of benzene rings is 3. The van der Waals surface area contributed by atoms with Crippen LogP contribution in [0.3, 0.4) is 0 Å². The lowest BCUT2D eigenvalue weighted by Gasteiger charge is -2.33. The number of nitrogens with two attached hydrogens (primary N) is 1. The number of thiophene rings is 1. The monoisotopic (exact) mass is 666 g/mol. The molecule has 0 spiro atoms. The number of carbonyl (C=O) groups excluding carboxylic acids is 3. The summed E-state index contributed by atoms with van der Waals surface area (Å²) in [5, 5.41) is 10.8. The van der Waals surface area contributed by atoms with E-state index in [0.29, 0.717) is 37.6 Å². The Bertz CT molecular complexity index is 1920. The van der Waals surface area contributed by atoms with Gasteiger partial charge in [-0.25, -0.2) is 13.0 Å². The minimum absolute atomic E-state index is 0.183.